The highest BCUT2D eigenvalue weighted by atomic mass is 15.1. The van der Waals surface area contributed by atoms with Crippen LogP contribution in [0.5, 0.6) is 0 Å². The van der Waals surface area contributed by atoms with Crippen molar-refractivity contribution in [1.29, 1.82) is 0 Å². The Bertz CT molecular complexity index is 3120. The zero-order chi connectivity index (χ0) is 37.5. The average Bonchev–Trinajstić information content (AvgIpc) is 3.92. The minimum atomic E-state index is 0.633. The number of rotatable bonds is 5. The molecule has 0 N–H and O–H groups in total. The van der Waals surface area contributed by atoms with E-state index in [1.807, 2.05) is 0 Å². The molecule has 0 aliphatic heterocycles. The molecule has 57 heavy (non-hydrogen) atoms. The molecule has 1 fully saturated rings. The third-order valence-corrected chi connectivity index (χ3v) is 12.5. The molecule has 5 heteroatoms. The van der Waals surface area contributed by atoms with E-state index in [0.717, 1.165) is 45.0 Å². The van der Waals surface area contributed by atoms with Gasteiger partial charge in [0.15, 0.2) is 5.82 Å². The smallest absolute Gasteiger partial charge is 0.166 e. The summed E-state index contributed by atoms with van der Waals surface area (Å²) in [5.74, 6) is 2.95. The van der Waals surface area contributed by atoms with Crippen molar-refractivity contribution >= 4 is 65.4 Å². The van der Waals surface area contributed by atoms with Crippen molar-refractivity contribution in [2.45, 2.75) is 38.0 Å². The molecule has 1 aliphatic carbocycles. The maximum Gasteiger partial charge on any atom is 0.166 e. The van der Waals surface area contributed by atoms with E-state index in [1.165, 1.54) is 81.0 Å². The maximum atomic E-state index is 5.55. The summed E-state index contributed by atoms with van der Waals surface area (Å²) in [5, 5.41) is 7.37. The van der Waals surface area contributed by atoms with Gasteiger partial charge in [-0.25, -0.2) is 9.97 Å². The van der Waals surface area contributed by atoms with Gasteiger partial charge < -0.3 is 4.57 Å². The molecule has 272 valence electrons. The third-order valence-electron chi connectivity index (χ3n) is 12.5. The molecular weight excluding hydrogens is 695 g/mol. The van der Waals surface area contributed by atoms with Gasteiger partial charge in [-0.15, -0.1) is 0 Å². The monoisotopic (exact) mass is 733 g/mol. The van der Waals surface area contributed by atoms with E-state index in [1.54, 1.807) is 0 Å². The fourth-order valence-corrected chi connectivity index (χ4v) is 9.91. The summed E-state index contributed by atoms with van der Waals surface area (Å²) in [6.07, 6.45) is 6.55. The standard InChI is InChI=1S/C52H39N5/c1-2-16-34(17-3-1)35-30-31-49-42(32-35)40-22-8-10-24-43(40)55(49)48-29-15-9-23-41(48)52-53-50(56-44-25-11-4-18-36(44)37-19-5-12-26-45(37)56)33-51(54-52)57-46-27-13-6-20-38(46)39-21-7-14-28-47(39)57/h4-15,18-34H,1-3,16-17H2. The molecular formula is C52H39N5. The van der Waals surface area contributed by atoms with Crippen molar-refractivity contribution in [3.8, 4) is 28.7 Å². The first-order valence-electron chi connectivity index (χ1n) is 20.3. The van der Waals surface area contributed by atoms with Crippen molar-refractivity contribution in [3.63, 3.8) is 0 Å². The Hall–Kier alpha value is -6.98. The average molecular weight is 734 g/mol. The van der Waals surface area contributed by atoms with Gasteiger partial charge in [0.05, 0.1) is 38.8 Å². The lowest BCUT2D eigenvalue weighted by atomic mass is 9.84. The van der Waals surface area contributed by atoms with Gasteiger partial charge in [-0.1, -0.05) is 128 Å². The second kappa shape index (κ2) is 12.8. The van der Waals surface area contributed by atoms with Crippen LogP contribution in [-0.4, -0.2) is 23.7 Å². The molecule has 0 spiro atoms. The maximum absolute atomic E-state index is 5.55. The largest absolute Gasteiger partial charge is 0.309 e. The quantitative estimate of drug-likeness (QED) is 0.177. The van der Waals surface area contributed by atoms with Crippen LogP contribution in [0.4, 0.5) is 0 Å². The lowest BCUT2D eigenvalue weighted by Crippen LogP contribution is -2.07. The number of hydrogen-bond acceptors (Lipinski definition) is 2. The second-order valence-electron chi connectivity index (χ2n) is 15.6. The zero-order valence-corrected chi connectivity index (χ0v) is 31.5. The summed E-state index contributed by atoms with van der Waals surface area (Å²) >= 11 is 0. The molecule has 0 unspecified atom stereocenters. The predicted molar refractivity (Wildman–Crippen MR) is 236 cm³/mol. The molecule has 7 aromatic carbocycles. The van der Waals surface area contributed by atoms with Gasteiger partial charge in [0, 0.05) is 43.9 Å². The van der Waals surface area contributed by atoms with Gasteiger partial charge in [-0.3, -0.25) is 9.13 Å². The Labute approximate surface area is 330 Å². The van der Waals surface area contributed by atoms with Crippen molar-refractivity contribution in [2.75, 3.05) is 0 Å². The second-order valence-corrected chi connectivity index (χ2v) is 15.6. The first-order chi connectivity index (χ1) is 28.3. The highest BCUT2D eigenvalue weighted by molar-refractivity contribution is 6.11. The molecule has 11 aromatic rings. The first-order valence-corrected chi connectivity index (χ1v) is 20.3. The van der Waals surface area contributed by atoms with Crippen LogP contribution in [-0.2, 0) is 0 Å². The topological polar surface area (TPSA) is 40.6 Å². The van der Waals surface area contributed by atoms with Crippen molar-refractivity contribution in [3.05, 3.63) is 175 Å². The molecule has 1 saturated carbocycles. The minimum absolute atomic E-state index is 0.633. The van der Waals surface area contributed by atoms with Crippen molar-refractivity contribution in [2.24, 2.45) is 0 Å². The normalized spacial score (nSPS) is 13.9. The summed E-state index contributed by atoms with van der Waals surface area (Å²) in [5.41, 5.74) is 10.3. The fraction of sp³-hybridized carbons (Fsp3) is 0.115. The summed E-state index contributed by atoms with van der Waals surface area (Å²) in [6, 6.07) is 61.5. The predicted octanol–water partition coefficient (Wildman–Crippen LogP) is 13.5. The van der Waals surface area contributed by atoms with Crippen LogP contribution in [0.25, 0.3) is 94.1 Å². The van der Waals surface area contributed by atoms with E-state index in [0.29, 0.717) is 11.7 Å². The number of aromatic nitrogens is 5. The van der Waals surface area contributed by atoms with Gasteiger partial charge in [-0.2, -0.15) is 0 Å². The van der Waals surface area contributed by atoms with Gasteiger partial charge >= 0.3 is 0 Å². The van der Waals surface area contributed by atoms with E-state index in [9.17, 15) is 0 Å². The van der Waals surface area contributed by atoms with Crippen LogP contribution in [0, 0.1) is 0 Å². The molecule has 0 radical (unpaired) electrons. The molecule has 1 aliphatic rings. The van der Waals surface area contributed by atoms with E-state index in [-0.39, 0.29) is 0 Å². The fourth-order valence-electron chi connectivity index (χ4n) is 9.91. The Morgan fingerprint density at radius 3 is 1.32 bits per heavy atom. The molecule has 5 nitrogen and oxygen atoms in total. The lowest BCUT2D eigenvalue weighted by molar-refractivity contribution is 0.444. The van der Waals surface area contributed by atoms with E-state index >= 15 is 0 Å². The third kappa shape index (κ3) is 4.95. The molecule has 4 heterocycles. The van der Waals surface area contributed by atoms with Crippen molar-refractivity contribution < 1.29 is 0 Å². The van der Waals surface area contributed by atoms with E-state index < -0.39 is 0 Å². The summed E-state index contributed by atoms with van der Waals surface area (Å²) in [4.78, 5) is 11.1. The summed E-state index contributed by atoms with van der Waals surface area (Å²) in [6.45, 7) is 0. The molecule has 12 rings (SSSR count). The van der Waals surface area contributed by atoms with Crippen LogP contribution < -0.4 is 0 Å². The van der Waals surface area contributed by atoms with Gasteiger partial charge in [0.1, 0.15) is 11.6 Å². The van der Waals surface area contributed by atoms with Gasteiger partial charge in [-0.05, 0) is 78.9 Å². The van der Waals surface area contributed by atoms with E-state index in [4.69, 9.17) is 9.97 Å². The Balaban J connectivity index is 1.15. The summed E-state index contributed by atoms with van der Waals surface area (Å²) in [7, 11) is 0. The number of hydrogen-bond donors (Lipinski definition) is 0. The number of fused-ring (bicyclic) bond motifs is 9. The molecule has 4 aromatic heterocycles. The minimum Gasteiger partial charge on any atom is -0.309 e. The van der Waals surface area contributed by atoms with E-state index in [2.05, 4.69) is 184 Å². The first kappa shape index (κ1) is 32.3. The molecule has 0 saturated heterocycles. The van der Waals surface area contributed by atoms with Gasteiger partial charge in [0.2, 0.25) is 0 Å². The van der Waals surface area contributed by atoms with Crippen LogP contribution in [0.1, 0.15) is 43.6 Å². The Morgan fingerprint density at radius 2 is 0.789 bits per heavy atom. The van der Waals surface area contributed by atoms with Crippen molar-refractivity contribution in [1.82, 2.24) is 23.7 Å². The summed E-state index contributed by atoms with van der Waals surface area (Å²) < 4.78 is 7.05. The van der Waals surface area contributed by atoms with Gasteiger partial charge in [0.25, 0.3) is 0 Å². The number of para-hydroxylation sites is 6. The highest BCUT2D eigenvalue weighted by Crippen LogP contribution is 2.41. The Morgan fingerprint density at radius 1 is 0.368 bits per heavy atom. The highest BCUT2D eigenvalue weighted by Gasteiger charge is 2.23. The van der Waals surface area contributed by atoms with Crippen LogP contribution in [0.2, 0.25) is 0 Å². The van der Waals surface area contributed by atoms with Crippen LogP contribution in [0.15, 0.2) is 170 Å². The molecule has 0 bridgehead atoms. The molecule has 0 amide bonds. The number of nitrogens with zero attached hydrogens (tertiary/aromatic N) is 5. The number of benzene rings is 7. The van der Waals surface area contributed by atoms with Crippen LogP contribution in [0.3, 0.4) is 0 Å². The SMILES string of the molecule is c1ccc(-n2c3ccccc3c3cc(C4CCCCC4)ccc32)c(-c2nc(-n3c4ccccc4c4ccccc43)cc(-n3c4ccccc4c4ccccc43)n2)c1. The van der Waals surface area contributed by atoms with Crippen LogP contribution >= 0.6 is 0 Å². The molecule has 0 atom stereocenters. The lowest BCUT2D eigenvalue weighted by Gasteiger charge is -2.22. The Kier molecular flexibility index (Phi) is 7.24. The zero-order valence-electron chi connectivity index (χ0n) is 31.5.